The average molecular weight is 884 g/mol. The molecule has 4 aliphatic rings. The van der Waals surface area contributed by atoms with Gasteiger partial charge in [-0.25, -0.2) is 14.4 Å². The Morgan fingerprint density at radius 1 is 1.02 bits per heavy atom. The molecule has 1 aromatic heterocycles. The quantitative estimate of drug-likeness (QED) is 0.146. The lowest BCUT2D eigenvalue weighted by molar-refractivity contribution is -0.346. The fourth-order valence-electron chi connectivity index (χ4n) is 9.83. The van der Waals surface area contributed by atoms with Gasteiger partial charge < -0.3 is 48.7 Å². The highest BCUT2D eigenvalue weighted by atomic mass is 32.1. The molecular weight excluding hydrogens is 827 g/mol. The van der Waals surface area contributed by atoms with Crippen molar-refractivity contribution in [2.75, 3.05) is 13.2 Å². The highest BCUT2D eigenvalue weighted by Gasteiger charge is 2.78. The topological polar surface area (TPSA) is 220 Å². The lowest BCUT2D eigenvalue weighted by Crippen LogP contribution is -2.82. The van der Waals surface area contributed by atoms with Crippen molar-refractivity contribution in [2.24, 2.45) is 22.7 Å². The van der Waals surface area contributed by atoms with Crippen LogP contribution >= 0.6 is 11.3 Å². The van der Waals surface area contributed by atoms with E-state index in [2.05, 4.69) is 5.32 Å². The number of carbonyl (C=O) groups is 6. The third kappa shape index (κ3) is 8.12. The molecule has 1 aromatic carbocycles. The summed E-state index contributed by atoms with van der Waals surface area (Å²) in [6, 6.07) is 10.5. The number of benzene rings is 1. The van der Waals surface area contributed by atoms with Crippen LogP contribution in [-0.2, 0) is 47.5 Å². The number of esters is 3. The van der Waals surface area contributed by atoms with Crippen LogP contribution in [0.5, 0.6) is 0 Å². The maximum Gasteiger partial charge on any atom is 0.509 e. The van der Waals surface area contributed by atoms with E-state index in [9.17, 15) is 34.2 Å². The minimum absolute atomic E-state index is 0.0117. The number of Topliss-reactive ketones (excluding diaryl/α,β-unsaturated/α-hetero) is 1. The highest BCUT2D eigenvalue weighted by molar-refractivity contribution is 7.10. The Morgan fingerprint density at radius 2 is 1.69 bits per heavy atom. The van der Waals surface area contributed by atoms with E-state index >= 15 is 4.79 Å². The molecule has 1 amide bonds. The number of thiophene rings is 1. The number of hydrogen-bond acceptors (Lipinski definition) is 16. The second-order valence-corrected chi connectivity index (χ2v) is 19.3. The van der Waals surface area contributed by atoms with Crippen molar-refractivity contribution in [1.29, 1.82) is 0 Å². The van der Waals surface area contributed by atoms with Gasteiger partial charge in [-0.3, -0.25) is 14.4 Å². The van der Waals surface area contributed by atoms with Gasteiger partial charge in [-0.2, -0.15) is 0 Å². The first kappa shape index (κ1) is 46.7. The molecule has 0 radical (unpaired) electrons. The van der Waals surface area contributed by atoms with Crippen LogP contribution in [0.4, 0.5) is 9.59 Å². The van der Waals surface area contributed by atoms with Crippen LogP contribution in [0.25, 0.3) is 0 Å². The van der Waals surface area contributed by atoms with Gasteiger partial charge >= 0.3 is 30.2 Å². The van der Waals surface area contributed by atoms with Gasteiger partial charge in [0, 0.05) is 30.1 Å². The molecule has 11 atom stereocenters. The molecule has 3 fully saturated rings. The van der Waals surface area contributed by atoms with E-state index in [0.29, 0.717) is 4.88 Å². The number of alkyl carbamates (subject to hydrolysis) is 1. The van der Waals surface area contributed by atoms with Crippen molar-refractivity contribution in [1.82, 2.24) is 5.32 Å². The Morgan fingerprint density at radius 3 is 2.26 bits per heavy atom. The van der Waals surface area contributed by atoms with Crippen LogP contribution in [0.1, 0.15) is 103 Å². The summed E-state index contributed by atoms with van der Waals surface area (Å²) >= 11 is 1.29. The van der Waals surface area contributed by atoms with Gasteiger partial charge in [0.15, 0.2) is 17.5 Å². The molecule has 6 rings (SSSR count). The van der Waals surface area contributed by atoms with Crippen molar-refractivity contribution < 1.29 is 72.1 Å². The van der Waals surface area contributed by atoms with Crippen molar-refractivity contribution in [2.45, 2.75) is 135 Å². The number of amides is 1. The average Bonchev–Trinajstić information content (AvgIpc) is 3.72. The molecule has 3 aliphatic carbocycles. The van der Waals surface area contributed by atoms with Gasteiger partial charge in [-0.1, -0.05) is 38.1 Å². The van der Waals surface area contributed by atoms with Crippen molar-refractivity contribution >= 4 is 47.3 Å². The second kappa shape index (κ2) is 17.0. The van der Waals surface area contributed by atoms with Gasteiger partial charge in [0.2, 0.25) is 0 Å². The number of fused-ring (bicyclic) bond motifs is 5. The van der Waals surface area contributed by atoms with E-state index in [-0.39, 0.29) is 36.3 Å². The molecule has 2 aromatic rings. The molecular formula is C45H57NO15S. The zero-order chi connectivity index (χ0) is 45.7. The maximum absolute atomic E-state index is 15.6. The fourth-order valence-corrected chi connectivity index (χ4v) is 10.7. The van der Waals surface area contributed by atoms with Crippen LogP contribution in [0, 0.1) is 22.7 Å². The summed E-state index contributed by atoms with van der Waals surface area (Å²) in [5.41, 5.74) is -8.36. The molecule has 1 saturated heterocycles. The van der Waals surface area contributed by atoms with E-state index < -0.39 is 118 Å². The summed E-state index contributed by atoms with van der Waals surface area (Å²) in [6.45, 7) is 15.1. The Hall–Kier alpha value is -4.84. The summed E-state index contributed by atoms with van der Waals surface area (Å²) < 4.78 is 41.3. The van der Waals surface area contributed by atoms with Crippen LogP contribution in [0.3, 0.4) is 0 Å². The minimum Gasteiger partial charge on any atom is -0.457 e. The maximum atomic E-state index is 15.6. The molecule has 62 heavy (non-hydrogen) atoms. The Balaban J connectivity index is 1.55. The highest BCUT2D eigenvalue weighted by Crippen LogP contribution is 2.64. The molecule has 338 valence electrons. The number of carbonyl (C=O) groups excluding carboxylic acids is 6. The van der Waals surface area contributed by atoms with Gasteiger partial charge in [-0.15, -0.1) is 11.3 Å². The predicted octanol–water partition coefficient (Wildman–Crippen LogP) is 5.78. The first-order chi connectivity index (χ1) is 28.9. The summed E-state index contributed by atoms with van der Waals surface area (Å²) in [5, 5.41) is 30.4. The second-order valence-electron chi connectivity index (χ2n) is 18.3. The Bertz CT molecular complexity index is 2100. The first-order valence-electron chi connectivity index (χ1n) is 20.7. The third-order valence-corrected chi connectivity index (χ3v) is 14.0. The zero-order valence-corrected chi connectivity index (χ0v) is 37.5. The molecule has 2 saturated carbocycles. The van der Waals surface area contributed by atoms with Gasteiger partial charge in [0.05, 0.1) is 48.2 Å². The SMILES string of the molecule is CCOC(=O)O[C@H]1C(=O)[C@@]2(C)C(C(OC(=O)c3ccccc3)[C@]3(O)C[C@H](OC(=O)[C@H](C)[C@@H](NC(=O)OC(C)(C)C)c4cccs4)C(C)=C1C3(C)C)[C@]1(OC(C)=O)CO[C@@H]1C[C@@H]2O. The van der Waals surface area contributed by atoms with E-state index in [4.69, 9.17) is 33.2 Å². The van der Waals surface area contributed by atoms with Crippen LogP contribution < -0.4 is 5.32 Å². The summed E-state index contributed by atoms with van der Waals surface area (Å²) in [6.07, 6.45) is -10.3. The third-order valence-electron chi connectivity index (χ3n) is 13.0. The van der Waals surface area contributed by atoms with Crippen molar-refractivity contribution in [3.05, 3.63) is 69.4 Å². The summed E-state index contributed by atoms with van der Waals surface area (Å²) in [4.78, 5) is 84.5. The van der Waals surface area contributed by atoms with E-state index in [1.54, 1.807) is 91.1 Å². The largest absolute Gasteiger partial charge is 0.509 e. The zero-order valence-electron chi connectivity index (χ0n) is 36.7. The van der Waals surface area contributed by atoms with Crippen LogP contribution in [0.2, 0.25) is 0 Å². The van der Waals surface area contributed by atoms with Crippen molar-refractivity contribution in [3.63, 3.8) is 0 Å². The number of hydrogen-bond donors (Lipinski definition) is 3. The standard InChI is InChI=1S/C45H57NO15S/c1-11-55-40(53)58-33-31-23(2)27(57-37(50)24(3)32(28-18-15-19-62-28)46-39(52)61-41(5,6)7)21-45(54,42(31,8)9)36(59-38(51)26-16-13-12-14-17-26)34-43(10,35(33)49)29(48)20-30-44(34,22-56-30)60-25(4)47/h12-19,24,27,29-30,32-34,36,48,54H,11,20-22H2,1-10H3,(H,46,52)/t24-,27+,29+,30-,32-,33-,34?,36?,43-,44+,45-/m1/s1. The van der Waals surface area contributed by atoms with E-state index in [0.717, 1.165) is 6.92 Å². The Labute approximate surface area is 364 Å². The van der Waals surface area contributed by atoms with Gasteiger partial charge in [0.1, 0.15) is 29.5 Å². The number of ketones is 1. The number of rotatable bonds is 10. The predicted molar refractivity (Wildman–Crippen MR) is 221 cm³/mol. The molecule has 1 aliphatic heterocycles. The summed E-state index contributed by atoms with van der Waals surface area (Å²) in [5.74, 6) is -5.99. The summed E-state index contributed by atoms with van der Waals surface area (Å²) in [7, 11) is 0. The molecule has 3 N–H and O–H groups in total. The van der Waals surface area contributed by atoms with E-state index in [1.807, 2.05) is 0 Å². The molecule has 16 nitrogen and oxygen atoms in total. The van der Waals surface area contributed by atoms with Gasteiger partial charge in [-0.05, 0) is 83.2 Å². The number of ether oxygens (including phenoxy) is 7. The monoisotopic (exact) mass is 883 g/mol. The van der Waals surface area contributed by atoms with E-state index in [1.165, 1.54) is 30.4 Å². The van der Waals surface area contributed by atoms with Crippen molar-refractivity contribution in [3.8, 4) is 0 Å². The lowest BCUT2D eigenvalue weighted by atomic mass is 9.44. The molecule has 2 unspecified atom stereocenters. The van der Waals surface area contributed by atoms with Crippen LogP contribution in [-0.4, -0.2) is 107 Å². The molecule has 17 heteroatoms. The fraction of sp³-hybridized carbons (Fsp3) is 0.600. The van der Waals surface area contributed by atoms with Gasteiger partial charge in [0.25, 0.3) is 0 Å². The smallest absolute Gasteiger partial charge is 0.457 e. The normalized spacial score (nSPS) is 32.2. The number of nitrogens with one attached hydrogen (secondary N) is 1. The lowest BCUT2D eigenvalue weighted by Gasteiger charge is -2.67. The molecule has 2 bridgehead atoms. The minimum atomic E-state index is -2.35. The van der Waals surface area contributed by atoms with Crippen LogP contribution in [0.15, 0.2) is 59.0 Å². The molecule has 2 heterocycles. The number of aliphatic hydroxyl groups excluding tert-OH is 1. The Kier molecular flexibility index (Phi) is 12.8. The molecule has 0 spiro atoms. The first-order valence-corrected chi connectivity index (χ1v) is 21.6. The number of aliphatic hydroxyl groups is 2.